The summed E-state index contributed by atoms with van der Waals surface area (Å²) in [5.74, 6) is 0.619. The van der Waals surface area contributed by atoms with Crippen LogP contribution in [0.1, 0.15) is 108 Å². The second-order valence-electron chi connectivity index (χ2n) is 8.35. The number of hydrogen-bond acceptors (Lipinski definition) is 5. The van der Waals surface area contributed by atoms with Gasteiger partial charge >= 0.3 is 11.9 Å². The van der Waals surface area contributed by atoms with Gasteiger partial charge in [-0.1, -0.05) is 58.3 Å². The Balaban J connectivity index is 2.15. The summed E-state index contributed by atoms with van der Waals surface area (Å²) < 4.78 is 16.1. The van der Waals surface area contributed by atoms with Crippen LogP contribution in [0.4, 0.5) is 0 Å². The second-order valence-corrected chi connectivity index (χ2v) is 8.35. The molecule has 1 rings (SSSR count). The Morgan fingerprint density at radius 2 is 1.35 bits per heavy atom. The van der Waals surface area contributed by atoms with Crippen LogP contribution in [0, 0.1) is 12.8 Å². The van der Waals surface area contributed by atoms with E-state index in [1.807, 2.05) is 0 Å². The maximum Gasteiger partial charge on any atom is 0.320 e. The molecule has 0 aliphatic heterocycles. The average molecular weight is 437 g/mol. The summed E-state index contributed by atoms with van der Waals surface area (Å²) in [7, 11) is 0. The Bertz CT molecular complexity index is 601. The van der Waals surface area contributed by atoms with Gasteiger partial charge in [-0.15, -0.1) is 0 Å². The van der Waals surface area contributed by atoms with Crippen molar-refractivity contribution in [3.05, 3.63) is 23.2 Å². The zero-order valence-electron chi connectivity index (χ0n) is 20.3. The number of carbonyl (C=O) groups is 2. The van der Waals surface area contributed by atoms with Gasteiger partial charge in [0, 0.05) is 12.8 Å². The van der Waals surface area contributed by atoms with Crippen molar-refractivity contribution in [3.63, 3.8) is 0 Å². The Morgan fingerprint density at radius 1 is 0.806 bits per heavy atom. The summed E-state index contributed by atoms with van der Waals surface area (Å²) in [4.78, 5) is 24.0. The summed E-state index contributed by atoms with van der Waals surface area (Å²) in [5, 5.41) is 0. The van der Waals surface area contributed by atoms with Gasteiger partial charge in [0.15, 0.2) is 5.92 Å². The third kappa shape index (κ3) is 11.4. The first-order valence-electron chi connectivity index (χ1n) is 12.4. The Kier molecular flexibility index (Phi) is 14.8. The lowest BCUT2D eigenvalue weighted by atomic mass is 10.00. The Hall–Kier alpha value is -1.78. The molecule has 0 aliphatic rings. The van der Waals surface area contributed by atoms with E-state index in [2.05, 4.69) is 19.9 Å². The van der Waals surface area contributed by atoms with Crippen LogP contribution in [0.25, 0.3) is 0 Å². The Labute approximate surface area is 189 Å². The molecular weight excluding hydrogens is 392 g/mol. The highest BCUT2D eigenvalue weighted by atomic mass is 16.6. The molecule has 0 aromatic carbocycles. The molecule has 0 atom stereocenters. The lowest BCUT2D eigenvalue weighted by Crippen LogP contribution is -2.28. The molecule has 0 amide bonds. The molecule has 0 saturated carbocycles. The lowest BCUT2D eigenvalue weighted by molar-refractivity contribution is -0.161. The molecule has 0 aliphatic carbocycles. The van der Waals surface area contributed by atoms with E-state index in [0.29, 0.717) is 6.42 Å². The van der Waals surface area contributed by atoms with Crippen molar-refractivity contribution in [1.29, 1.82) is 0 Å². The zero-order chi connectivity index (χ0) is 22.9. The molecule has 1 aromatic rings. The number of ether oxygens (including phenoxy) is 2. The molecular formula is C26H44O5. The number of unbranched alkanes of at least 4 members (excludes halogenated alkanes) is 8. The van der Waals surface area contributed by atoms with Crippen LogP contribution in [-0.2, 0) is 31.9 Å². The van der Waals surface area contributed by atoms with Crippen molar-refractivity contribution >= 4 is 11.9 Å². The maximum absolute atomic E-state index is 12.0. The third-order valence-electron chi connectivity index (χ3n) is 5.64. The topological polar surface area (TPSA) is 65.7 Å². The first-order valence-corrected chi connectivity index (χ1v) is 12.4. The normalized spacial score (nSPS) is 11.1. The van der Waals surface area contributed by atoms with Crippen LogP contribution in [-0.4, -0.2) is 25.2 Å². The van der Waals surface area contributed by atoms with Gasteiger partial charge in [-0.3, -0.25) is 9.59 Å². The van der Waals surface area contributed by atoms with Crippen molar-refractivity contribution in [1.82, 2.24) is 0 Å². The molecule has 0 saturated heterocycles. The van der Waals surface area contributed by atoms with E-state index in [-0.39, 0.29) is 13.2 Å². The van der Waals surface area contributed by atoms with Crippen molar-refractivity contribution in [3.8, 4) is 0 Å². The number of hydrogen-bond donors (Lipinski definition) is 0. The van der Waals surface area contributed by atoms with E-state index >= 15 is 0 Å². The molecule has 5 nitrogen and oxygen atoms in total. The fraction of sp³-hybridized carbons (Fsp3) is 0.769. The van der Waals surface area contributed by atoms with Crippen molar-refractivity contribution < 1.29 is 23.5 Å². The fourth-order valence-corrected chi connectivity index (χ4v) is 3.85. The lowest BCUT2D eigenvalue weighted by Gasteiger charge is -2.14. The highest BCUT2D eigenvalue weighted by Crippen LogP contribution is 2.20. The van der Waals surface area contributed by atoms with Crippen LogP contribution in [0.15, 0.2) is 10.5 Å². The molecule has 178 valence electrons. The number of esters is 2. The van der Waals surface area contributed by atoms with Gasteiger partial charge in [0.25, 0.3) is 0 Å². The van der Waals surface area contributed by atoms with Crippen molar-refractivity contribution in [2.24, 2.45) is 5.92 Å². The van der Waals surface area contributed by atoms with Gasteiger partial charge in [-0.2, -0.15) is 0 Å². The predicted octanol–water partition coefficient (Wildman–Crippen LogP) is 6.73. The van der Waals surface area contributed by atoms with E-state index in [1.165, 1.54) is 44.1 Å². The van der Waals surface area contributed by atoms with Gasteiger partial charge in [0.05, 0.1) is 13.2 Å². The van der Waals surface area contributed by atoms with Crippen LogP contribution in [0.3, 0.4) is 0 Å². The minimum Gasteiger partial charge on any atom is -0.466 e. The molecule has 0 radical (unpaired) electrons. The highest BCUT2D eigenvalue weighted by Gasteiger charge is 2.28. The van der Waals surface area contributed by atoms with E-state index in [0.717, 1.165) is 50.0 Å². The summed E-state index contributed by atoms with van der Waals surface area (Å²) in [6.45, 7) is 8.45. The molecule has 0 N–H and O–H groups in total. The number of rotatable bonds is 18. The average Bonchev–Trinajstić information content (AvgIpc) is 3.09. The fourth-order valence-electron chi connectivity index (χ4n) is 3.85. The molecule has 0 spiro atoms. The first kappa shape index (κ1) is 27.3. The number of furan rings is 1. The summed E-state index contributed by atoms with van der Waals surface area (Å²) in [6, 6.07) is 2.21. The summed E-state index contributed by atoms with van der Waals surface area (Å²) in [6.07, 6.45) is 14.1. The van der Waals surface area contributed by atoms with Gasteiger partial charge in [0.1, 0.15) is 11.5 Å². The first-order chi connectivity index (χ1) is 15.0. The number of carbonyl (C=O) groups excluding carboxylic acids is 2. The van der Waals surface area contributed by atoms with Gasteiger partial charge in [-0.05, 0) is 51.7 Å². The van der Waals surface area contributed by atoms with Gasteiger partial charge in [-0.25, -0.2) is 0 Å². The molecule has 31 heavy (non-hydrogen) atoms. The minimum absolute atomic E-state index is 0.284. The molecule has 5 heteroatoms. The third-order valence-corrected chi connectivity index (χ3v) is 5.64. The molecule has 0 bridgehead atoms. The SMILES string of the molecule is CCCCCc1cc(C)c(CCCCCCCCCC(C(=O)OCC)C(=O)OCC)o1. The van der Waals surface area contributed by atoms with E-state index in [1.54, 1.807) is 13.8 Å². The summed E-state index contributed by atoms with van der Waals surface area (Å²) in [5.41, 5.74) is 1.30. The molecule has 1 aromatic heterocycles. The van der Waals surface area contributed by atoms with Crippen LogP contribution in [0.5, 0.6) is 0 Å². The standard InChI is InChI=1S/C26H44O5/c1-5-8-14-17-22-20-21(4)24(31-22)19-16-13-11-9-10-12-15-18-23(25(27)29-6-2)26(28)30-7-3/h20,23H,5-19H2,1-4H3. The predicted molar refractivity (Wildman–Crippen MR) is 124 cm³/mol. The van der Waals surface area contributed by atoms with Gasteiger partial charge in [0.2, 0.25) is 0 Å². The second kappa shape index (κ2) is 16.9. The zero-order valence-corrected chi connectivity index (χ0v) is 20.3. The molecule has 0 unspecified atom stereocenters. The Morgan fingerprint density at radius 3 is 1.94 bits per heavy atom. The van der Waals surface area contributed by atoms with Gasteiger partial charge < -0.3 is 13.9 Å². The van der Waals surface area contributed by atoms with Crippen molar-refractivity contribution in [2.75, 3.05) is 13.2 Å². The van der Waals surface area contributed by atoms with Crippen molar-refractivity contribution in [2.45, 2.75) is 111 Å². The monoisotopic (exact) mass is 436 g/mol. The van der Waals surface area contributed by atoms with Crippen LogP contribution < -0.4 is 0 Å². The van der Waals surface area contributed by atoms with E-state index < -0.39 is 17.9 Å². The van der Waals surface area contributed by atoms with E-state index in [9.17, 15) is 9.59 Å². The van der Waals surface area contributed by atoms with Crippen LogP contribution >= 0.6 is 0 Å². The van der Waals surface area contributed by atoms with Crippen LogP contribution in [0.2, 0.25) is 0 Å². The largest absolute Gasteiger partial charge is 0.466 e. The minimum atomic E-state index is -0.775. The highest BCUT2D eigenvalue weighted by molar-refractivity contribution is 5.94. The molecule has 0 fully saturated rings. The smallest absolute Gasteiger partial charge is 0.320 e. The molecule has 1 heterocycles. The van der Waals surface area contributed by atoms with E-state index in [4.69, 9.17) is 13.9 Å². The summed E-state index contributed by atoms with van der Waals surface area (Å²) >= 11 is 0. The quantitative estimate of drug-likeness (QED) is 0.145. The number of aryl methyl sites for hydroxylation is 3. The maximum atomic E-state index is 12.0.